The van der Waals surface area contributed by atoms with E-state index in [0.717, 1.165) is 0 Å². The van der Waals surface area contributed by atoms with Crippen LogP contribution in [0, 0.1) is 0 Å². The van der Waals surface area contributed by atoms with Gasteiger partial charge in [0.1, 0.15) is 6.26 Å². The van der Waals surface area contributed by atoms with E-state index in [-0.39, 0.29) is 0 Å². The van der Waals surface area contributed by atoms with Gasteiger partial charge in [-0.3, -0.25) is 10.1 Å². The van der Waals surface area contributed by atoms with Gasteiger partial charge in [0.25, 0.3) is 5.91 Å². The van der Waals surface area contributed by atoms with E-state index in [9.17, 15) is 9.59 Å². The highest BCUT2D eigenvalue weighted by molar-refractivity contribution is 9.10. The Bertz CT molecular complexity index is 372. The molecule has 0 saturated carbocycles. The molecule has 0 bridgehead atoms. The average Bonchev–Trinajstić information content (AvgIpc) is 2.58. The van der Waals surface area contributed by atoms with Crippen molar-refractivity contribution in [2.24, 2.45) is 0 Å². The third kappa shape index (κ3) is 1.44. The molecule has 0 radical (unpaired) electrons. The number of amides is 2. The maximum absolute atomic E-state index is 11.1. The summed E-state index contributed by atoms with van der Waals surface area (Å²) in [4.78, 5) is 21.7. The highest BCUT2D eigenvalue weighted by atomic mass is 79.9. The second-order valence-corrected chi connectivity index (χ2v) is 3.36. The Balaban J connectivity index is 2.27. The number of halogens is 1. The molecule has 6 heteroatoms. The summed E-state index contributed by atoms with van der Waals surface area (Å²) in [6, 6.07) is 1.57. The van der Waals surface area contributed by atoms with Gasteiger partial charge in [-0.05, 0) is 22.0 Å². The molecule has 1 fully saturated rings. The van der Waals surface area contributed by atoms with Crippen molar-refractivity contribution in [2.45, 2.75) is 6.10 Å². The van der Waals surface area contributed by atoms with Crippen molar-refractivity contribution in [3.05, 3.63) is 22.6 Å². The molecule has 1 aromatic heterocycles. The fourth-order valence-electron chi connectivity index (χ4n) is 1.01. The summed E-state index contributed by atoms with van der Waals surface area (Å²) in [6.07, 6.45) is -0.296. The van der Waals surface area contributed by atoms with Gasteiger partial charge >= 0.3 is 6.09 Å². The molecule has 2 amide bonds. The highest BCUT2D eigenvalue weighted by Crippen LogP contribution is 2.25. The Labute approximate surface area is 81.2 Å². The minimum atomic E-state index is -0.959. The first kappa shape index (κ1) is 8.31. The molecule has 1 aliphatic heterocycles. The Morgan fingerprint density at radius 1 is 1.46 bits per heavy atom. The van der Waals surface area contributed by atoms with Crippen molar-refractivity contribution in [1.29, 1.82) is 0 Å². The number of nitrogens with one attached hydrogen (secondary N) is 1. The zero-order valence-corrected chi connectivity index (χ0v) is 7.83. The number of hydrogen-bond donors (Lipinski definition) is 1. The Morgan fingerprint density at radius 2 is 2.23 bits per heavy atom. The number of ether oxygens (including phenoxy) is 1. The van der Waals surface area contributed by atoms with Crippen molar-refractivity contribution in [3.8, 4) is 0 Å². The number of hydrogen-bond acceptors (Lipinski definition) is 4. The lowest BCUT2D eigenvalue weighted by atomic mass is 10.3. The molecule has 2 rings (SSSR count). The molecule has 1 atom stereocenters. The van der Waals surface area contributed by atoms with Gasteiger partial charge in [-0.1, -0.05) is 0 Å². The molecular weight excluding hydrogens is 242 g/mol. The molecule has 0 aromatic carbocycles. The summed E-state index contributed by atoms with van der Waals surface area (Å²) in [5.74, 6) is -0.206. The van der Waals surface area contributed by atoms with Crippen molar-refractivity contribution < 1.29 is 18.7 Å². The summed E-state index contributed by atoms with van der Waals surface area (Å²) in [6.45, 7) is 0. The van der Waals surface area contributed by atoms with Crippen LogP contribution in [0.15, 0.2) is 21.2 Å². The van der Waals surface area contributed by atoms with Crippen LogP contribution in [0.2, 0.25) is 0 Å². The quantitative estimate of drug-likeness (QED) is 0.811. The minimum absolute atomic E-state index is 0.301. The van der Waals surface area contributed by atoms with Gasteiger partial charge < -0.3 is 9.15 Å². The molecule has 13 heavy (non-hydrogen) atoms. The standard InChI is InChI=1S/C7H4BrNO4/c8-3-1-4(12-2-3)5-6(10)9-7(11)13-5/h1-2,5H,(H,9,10,11). The highest BCUT2D eigenvalue weighted by Gasteiger charge is 2.35. The van der Waals surface area contributed by atoms with Crippen molar-refractivity contribution in [2.75, 3.05) is 0 Å². The number of carbonyl (C=O) groups is 2. The number of furan rings is 1. The first-order chi connectivity index (χ1) is 6.16. The first-order valence-electron chi connectivity index (χ1n) is 3.42. The lowest BCUT2D eigenvalue weighted by Gasteiger charge is -1.99. The minimum Gasteiger partial charge on any atom is -0.464 e. The normalized spacial score (nSPS) is 21.5. The van der Waals surface area contributed by atoms with Crippen LogP contribution in [0.4, 0.5) is 4.79 Å². The van der Waals surface area contributed by atoms with Gasteiger partial charge in [-0.2, -0.15) is 0 Å². The molecule has 0 spiro atoms. The third-order valence-electron chi connectivity index (χ3n) is 1.53. The van der Waals surface area contributed by atoms with E-state index in [1.807, 2.05) is 5.32 Å². The Morgan fingerprint density at radius 3 is 2.69 bits per heavy atom. The molecule has 1 aliphatic rings. The zero-order chi connectivity index (χ0) is 9.42. The molecular formula is C7H4BrNO4. The second-order valence-electron chi connectivity index (χ2n) is 2.44. The zero-order valence-electron chi connectivity index (χ0n) is 6.24. The second kappa shape index (κ2) is 2.88. The SMILES string of the molecule is O=C1NC(=O)C(c2cc(Br)co2)O1. The maximum Gasteiger partial charge on any atom is 0.415 e. The predicted octanol–water partition coefficient (Wildman–Crippen LogP) is 1.35. The Hall–Kier alpha value is -1.30. The Kier molecular flexibility index (Phi) is 1.84. The van der Waals surface area contributed by atoms with E-state index in [0.29, 0.717) is 10.2 Å². The van der Waals surface area contributed by atoms with Crippen LogP contribution in [-0.4, -0.2) is 12.0 Å². The smallest absolute Gasteiger partial charge is 0.415 e. The third-order valence-corrected chi connectivity index (χ3v) is 1.95. The van der Waals surface area contributed by atoms with E-state index in [1.165, 1.54) is 6.26 Å². The lowest BCUT2D eigenvalue weighted by Crippen LogP contribution is -2.20. The summed E-state index contributed by atoms with van der Waals surface area (Å²) in [7, 11) is 0. The van der Waals surface area contributed by atoms with Crippen molar-refractivity contribution >= 4 is 27.9 Å². The predicted molar refractivity (Wildman–Crippen MR) is 43.8 cm³/mol. The van der Waals surface area contributed by atoms with Crippen molar-refractivity contribution in [1.82, 2.24) is 5.32 Å². The molecule has 1 saturated heterocycles. The lowest BCUT2D eigenvalue weighted by molar-refractivity contribution is -0.124. The van der Waals surface area contributed by atoms with Crippen LogP contribution < -0.4 is 5.32 Å². The molecule has 1 N–H and O–H groups in total. The van der Waals surface area contributed by atoms with Gasteiger partial charge in [0.05, 0.1) is 4.47 Å². The summed E-state index contributed by atoms with van der Waals surface area (Å²) in [5, 5.41) is 2.00. The number of cyclic esters (lactones) is 1. The number of carbonyl (C=O) groups excluding carboxylic acids is 2. The maximum atomic E-state index is 11.1. The molecule has 2 heterocycles. The summed E-state index contributed by atoms with van der Waals surface area (Å²) >= 11 is 3.15. The van der Waals surface area contributed by atoms with Gasteiger partial charge in [0.2, 0.25) is 6.10 Å². The van der Waals surface area contributed by atoms with E-state index in [2.05, 4.69) is 20.7 Å². The largest absolute Gasteiger partial charge is 0.464 e. The molecule has 1 aromatic rings. The topological polar surface area (TPSA) is 68.5 Å². The van der Waals surface area contributed by atoms with Crippen molar-refractivity contribution in [3.63, 3.8) is 0 Å². The van der Waals surface area contributed by atoms with Crippen LogP contribution in [0.5, 0.6) is 0 Å². The van der Waals surface area contributed by atoms with Crippen LogP contribution in [0.1, 0.15) is 11.9 Å². The summed E-state index contributed by atoms with van der Waals surface area (Å²) < 4.78 is 10.3. The van der Waals surface area contributed by atoms with Gasteiger partial charge in [-0.25, -0.2) is 4.79 Å². The molecule has 0 aliphatic carbocycles. The van der Waals surface area contributed by atoms with E-state index in [4.69, 9.17) is 4.42 Å². The molecule has 1 unspecified atom stereocenters. The van der Waals surface area contributed by atoms with Gasteiger partial charge in [-0.15, -0.1) is 0 Å². The van der Waals surface area contributed by atoms with Gasteiger partial charge in [0, 0.05) is 0 Å². The monoisotopic (exact) mass is 245 g/mol. The number of rotatable bonds is 1. The summed E-state index contributed by atoms with van der Waals surface area (Å²) in [5.41, 5.74) is 0. The van der Waals surface area contributed by atoms with Crippen LogP contribution in [0.25, 0.3) is 0 Å². The number of alkyl carbamates (subject to hydrolysis) is 1. The average molecular weight is 246 g/mol. The van der Waals surface area contributed by atoms with Crippen LogP contribution >= 0.6 is 15.9 Å². The van der Waals surface area contributed by atoms with Crippen LogP contribution in [0.3, 0.4) is 0 Å². The first-order valence-corrected chi connectivity index (χ1v) is 4.21. The molecule has 5 nitrogen and oxygen atoms in total. The van der Waals surface area contributed by atoms with E-state index in [1.54, 1.807) is 6.07 Å². The van der Waals surface area contributed by atoms with E-state index >= 15 is 0 Å². The molecule has 68 valence electrons. The fraction of sp³-hybridized carbons (Fsp3) is 0.143. The fourth-order valence-corrected chi connectivity index (χ4v) is 1.33. The number of imide groups is 1. The van der Waals surface area contributed by atoms with Crippen LogP contribution in [-0.2, 0) is 9.53 Å². The van der Waals surface area contributed by atoms with E-state index < -0.39 is 18.1 Å². The van der Waals surface area contributed by atoms with Gasteiger partial charge in [0.15, 0.2) is 5.76 Å².